The number of rotatable bonds is 6. The Labute approximate surface area is 175 Å². The van der Waals surface area contributed by atoms with Crippen LogP contribution in [0.3, 0.4) is 0 Å². The molecule has 0 unspecified atom stereocenters. The zero-order chi connectivity index (χ0) is 21.1. The van der Waals surface area contributed by atoms with Gasteiger partial charge in [0.1, 0.15) is 5.82 Å². The molecule has 0 aliphatic rings. The van der Waals surface area contributed by atoms with Gasteiger partial charge >= 0.3 is 0 Å². The highest BCUT2D eigenvalue weighted by atomic mass is 32.2. The third-order valence-corrected chi connectivity index (χ3v) is 6.57. The molecule has 1 amide bonds. The lowest BCUT2D eigenvalue weighted by atomic mass is 10.2. The normalized spacial score (nSPS) is 11.4. The Kier molecular flexibility index (Phi) is 5.42. The monoisotopic (exact) mass is 442 g/mol. The second kappa shape index (κ2) is 8.17. The van der Waals surface area contributed by atoms with Gasteiger partial charge in [-0.25, -0.2) is 17.8 Å². The Hall–Kier alpha value is -3.37. The highest BCUT2D eigenvalue weighted by Gasteiger charge is 2.17. The van der Waals surface area contributed by atoms with Gasteiger partial charge < -0.3 is 5.32 Å². The first-order chi connectivity index (χ1) is 14.4. The summed E-state index contributed by atoms with van der Waals surface area (Å²) >= 11 is 1.10. The number of sulfonamides is 1. The van der Waals surface area contributed by atoms with Crippen LogP contribution in [0.15, 0.2) is 71.8 Å². The number of carbonyl (C=O) groups excluding carboxylic acids is 1. The van der Waals surface area contributed by atoms with E-state index in [-0.39, 0.29) is 15.9 Å². The number of hydrogen-bond acceptors (Lipinski definition) is 6. The topological polar surface area (TPSA) is 101 Å². The van der Waals surface area contributed by atoms with Gasteiger partial charge in [-0.05, 0) is 54.6 Å². The molecular formula is C20H15FN4O3S2. The molecule has 0 atom stereocenters. The number of halogens is 1. The van der Waals surface area contributed by atoms with Crippen LogP contribution in [-0.4, -0.2) is 24.3 Å². The van der Waals surface area contributed by atoms with Crippen LogP contribution >= 0.6 is 11.3 Å². The third-order valence-electron chi connectivity index (χ3n) is 4.15. The molecule has 0 aliphatic carbocycles. The summed E-state index contributed by atoms with van der Waals surface area (Å²) in [5.41, 5.74) is 1.72. The van der Waals surface area contributed by atoms with Crippen LogP contribution in [-0.2, 0) is 16.6 Å². The Morgan fingerprint density at radius 2 is 1.87 bits per heavy atom. The van der Waals surface area contributed by atoms with Crippen LogP contribution in [0, 0.1) is 5.82 Å². The number of hydrogen-bond donors (Lipinski definition) is 2. The van der Waals surface area contributed by atoms with E-state index >= 15 is 0 Å². The SMILES string of the molecule is O=C(NCc1ccccn1)c1ccc2nc(NS(=O)(=O)c3ccc(F)cc3)sc2c1. The number of carbonyl (C=O) groups is 1. The van der Waals surface area contributed by atoms with Crippen LogP contribution in [0.25, 0.3) is 10.2 Å². The summed E-state index contributed by atoms with van der Waals surface area (Å²) < 4.78 is 41.0. The van der Waals surface area contributed by atoms with Gasteiger partial charge in [-0.15, -0.1) is 0 Å². The lowest BCUT2D eigenvalue weighted by Crippen LogP contribution is -2.23. The fourth-order valence-electron chi connectivity index (χ4n) is 2.67. The van der Waals surface area contributed by atoms with Crippen LogP contribution in [0.2, 0.25) is 0 Å². The van der Waals surface area contributed by atoms with Crippen molar-refractivity contribution in [1.29, 1.82) is 0 Å². The molecule has 2 aromatic carbocycles. The van der Waals surface area contributed by atoms with Crippen LogP contribution in [0.4, 0.5) is 9.52 Å². The zero-order valence-electron chi connectivity index (χ0n) is 15.4. The molecule has 0 spiro atoms. The van der Waals surface area contributed by atoms with Gasteiger partial charge in [-0.1, -0.05) is 17.4 Å². The molecule has 10 heteroatoms. The molecule has 4 aromatic rings. The van der Waals surface area contributed by atoms with Crippen molar-refractivity contribution in [1.82, 2.24) is 15.3 Å². The molecule has 2 aromatic heterocycles. The van der Waals surface area contributed by atoms with Crippen LogP contribution in [0.1, 0.15) is 16.1 Å². The molecule has 2 heterocycles. The number of pyridine rings is 1. The van der Waals surface area contributed by atoms with Crippen molar-refractivity contribution in [2.45, 2.75) is 11.4 Å². The number of anilines is 1. The number of nitrogens with one attached hydrogen (secondary N) is 2. The zero-order valence-corrected chi connectivity index (χ0v) is 17.0. The number of amides is 1. The Morgan fingerprint density at radius 3 is 2.60 bits per heavy atom. The van der Waals surface area contributed by atoms with Crippen molar-refractivity contribution in [3.63, 3.8) is 0 Å². The predicted octanol–water partition coefficient (Wildman–Crippen LogP) is 3.56. The van der Waals surface area contributed by atoms with Gasteiger partial charge in [0.05, 0.1) is 27.4 Å². The number of aromatic nitrogens is 2. The molecule has 0 fully saturated rings. The van der Waals surface area contributed by atoms with Gasteiger partial charge in [-0.2, -0.15) is 0 Å². The fraction of sp³-hybridized carbons (Fsp3) is 0.0500. The standard InChI is InChI=1S/C20H15FN4O3S2/c21-14-5-7-16(8-6-14)30(27,28)25-20-24-17-9-4-13(11-18(17)29-20)19(26)23-12-15-3-1-2-10-22-15/h1-11H,12H2,(H,23,26)(H,24,25). The van der Waals surface area contributed by atoms with E-state index in [1.807, 2.05) is 12.1 Å². The highest BCUT2D eigenvalue weighted by Crippen LogP contribution is 2.28. The summed E-state index contributed by atoms with van der Waals surface area (Å²) in [5.74, 6) is -0.799. The minimum atomic E-state index is -3.90. The average molecular weight is 442 g/mol. The van der Waals surface area contributed by atoms with E-state index in [4.69, 9.17) is 0 Å². The second-order valence-electron chi connectivity index (χ2n) is 6.26. The number of thiazole rings is 1. The van der Waals surface area contributed by atoms with E-state index < -0.39 is 15.8 Å². The van der Waals surface area contributed by atoms with Gasteiger partial charge in [0.15, 0.2) is 5.13 Å². The lowest BCUT2D eigenvalue weighted by Gasteiger charge is -2.04. The van der Waals surface area contributed by atoms with E-state index in [1.54, 1.807) is 30.5 Å². The molecular weight excluding hydrogens is 427 g/mol. The Balaban J connectivity index is 1.50. The largest absolute Gasteiger partial charge is 0.346 e. The second-order valence-corrected chi connectivity index (χ2v) is 8.98. The molecule has 0 bridgehead atoms. The first kappa shape index (κ1) is 19.9. The summed E-state index contributed by atoms with van der Waals surface area (Å²) in [7, 11) is -3.90. The molecule has 2 N–H and O–H groups in total. The van der Waals surface area contributed by atoms with Crippen LogP contribution < -0.4 is 10.0 Å². The Morgan fingerprint density at radius 1 is 1.07 bits per heavy atom. The van der Waals surface area contributed by atoms with Crippen molar-refractivity contribution in [2.24, 2.45) is 0 Å². The van der Waals surface area contributed by atoms with Crippen molar-refractivity contribution >= 4 is 42.6 Å². The predicted molar refractivity (Wildman–Crippen MR) is 112 cm³/mol. The number of nitrogens with zero attached hydrogens (tertiary/aromatic N) is 2. The van der Waals surface area contributed by atoms with E-state index in [2.05, 4.69) is 20.0 Å². The maximum atomic E-state index is 13.0. The lowest BCUT2D eigenvalue weighted by molar-refractivity contribution is 0.0950. The first-order valence-corrected chi connectivity index (χ1v) is 11.1. The smallest absolute Gasteiger partial charge is 0.263 e. The van der Waals surface area contributed by atoms with Gasteiger partial charge in [-0.3, -0.25) is 14.5 Å². The minimum Gasteiger partial charge on any atom is -0.346 e. The molecule has 0 saturated carbocycles. The highest BCUT2D eigenvalue weighted by molar-refractivity contribution is 7.93. The van der Waals surface area contributed by atoms with Gasteiger partial charge in [0, 0.05) is 11.8 Å². The van der Waals surface area contributed by atoms with Crippen molar-refractivity contribution in [3.05, 3.63) is 83.9 Å². The molecule has 0 aliphatic heterocycles. The molecule has 0 radical (unpaired) electrons. The van der Waals surface area contributed by atoms with E-state index in [9.17, 15) is 17.6 Å². The molecule has 0 saturated heterocycles. The summed E-state index contributed by atoms with van der Waals surface area (Å²) in [6.45, 7) is 0.295. The first-order valence-electron chi connectivity index (χ1n) is 8.78. The number of benzene rings is 2. The average Bonchev–Trinajstić information content (AvgIpc) is 3.13. The summed E-state index contributed by atoms with van der Waals surface area (Å²) in [4.78, 5) is 20.7. The quantitative estimate of drug-likeness (QED) is 0.476. The summed E-state index contributed by atoms with van der Waals surface area (Å²) in [5, 5.41) is 2.94. The van der Waals surface area contributed by atoms with E-state index in [0.717, 1.165) is 29.2 Å². The summed E-state index contributed by atoms with van der Waals surface area (Å²) in [6, 6.07) is 14.9. The van der Waals surface area contributed by atoms with Crippen molar-refractivity contribution in [3.8, 4) is 0 Å². The van der Waals surface area contributed by atoms with Crippen molar-refractivity contribution in [2.75, 3.05) is 4.72 Å². The van der Waals surface area contributed by atoms with Crippen LogP contribution in [0.5, 0.6) is 0 Å². The Bertz CT molecular complexity index is 1310. The third kappa shape index (κ3) is 4.44. The van der Waals surface area contributed by atoms with E-state index in [1.165, 1.54) is 12.1 Å². The summed E-state index contributed by atoms with van der Waals surface area (Å²) in [6.07, 6.45) is 1.65. The van der Waals surface area contributed by atoms with E-state index in [0.29, 0.717) is 22.3 Å². The maximum Gasteiger partial charge on any atom is 0.263 e. The molecule has 30 heavy (non-hydrogen) atoms. The van der Waals surface area contributed by atoms with Gasteiger partial charge in [0.2, 0.25) is 0 Å². The van der Waals surface area contributed by atoms with Crippen molar-refractivity contribution < 1.29 is 17.6 Å². The maximum absolute atomic E-state index is 13.0. The minimum absolute atomic E-state index is 0.0715. The van der Waals surface area contributed by atoms with Gasteiger partial charge in [0.25, 0.3) is 15.9 Å². The number of fused-ring (bicyclic) bond motifs is 1. The molecule has 152 valence electrons. The molecule has 4 rings (SSSR count). The molecule has 7 nitrogen and oxygen atoms in total. The fourth-order valence-corrected chi connectivity index (χ4v) is 4.81.